The van der Waals surface area contributed by atoms with Gasteiger partial charge in [0.1, 0.15) is 11.9 Å². The number of hydrogen-bond donors (Lipinski definition) is 3. The van der Waals surface area contributed by atoms with Crippen molar-refractivity contribution in [3.63, 3.8) is 0 Å². The van der Waals surface area contributed by atoms with E-state index in [4.69, 9.17) is 4.74 Å². The maximum Gasteiger partial charge on any atom is 0.427 e. The molecule has 0 bridgehead atoms. The molecule has 18 heteroatoms. The zero-order chi connectivity index (χ0) is 29.4. The standard InChI is InChI=1S/C21H23F5N4O7S2/c1-20(2,21(24,25)26)37-19(31)29-12-4-7-18-17(8-12)30(11-13(36-18)10-28-39(34,35)27-3)38(32,33)14-5-6-15(22)16(23)9-14/h4-9,13,27-28H,10-11H2,1-3H3,(H,29,31)/t13-/m0/s1. The molecule has 2 aromatic carbocycles. The molecule has 0 fully saturated rings. The first-order chi connectivity index (χ1) is 17.9. The molecule has 39 heavy (non-hydrogen) atoms. The number of amides is 1. The second-order valence-electron chi connectivity index (χ2n) is 8.61. The van der Waals surface area contributed by atoms with E-state index >= 15 is 0 Å². The monoisotopic (exact) mass is 602 g/mol. The Morgan fingerprint density at radius 2 is 1.74 bits per heavy atom. The van der Waals surface area contributed by atoms with Gasteiger partial charge in [0.25, 0.3) is 20.2 Å². The predicted molar refractivity (Wildman–Crippen MR) is 128 cm³/mol. The fraction of sp³-hybridized carbons (Fsp3) is 0.381. The Hall–Kier alpha value is -3.22. The third-order valence-corrected chi connectivity index (χ3v) is 8.28. The summed E-state index contributed by atoms with van der Waals surface area (Å²) >= 11 is 0. The van der Waals surface area contributed by atoms with Crippen molar-refractivity contribution in [2.24, 2.45) is 0 Å². The quantitative estimate of drug-likeness (QED) is 0.395. The van der Waals surface area contributed by atoms with Crippen LogP contribution in [0.5, 0.6) is 5.75 Å². The van der Waals surface area contributed by atoms with Gasteiger partial charge in [-0.3, -0.25) is 9.62 Å². The van der Waals surface area contributed by atoms with Gasteiger partial charge < -0.3 is 9.47 Å². The molecular formula is C21H23F5N4O7S2. The summed E-state index contributed by atoms with van der Waals surface area (Å²) in [5.74, 6) is -2.88. The van der Waals surface area contributed by atoms with Crippen molar-refractivity contribution in [3.8, 4) is 5.75 Å². The van der Waals surface area contributed by atoms with E-state index in [9.17, 15) is 43.6 Å². The summed E-state index contributed by atoms with van der Waals surface area (Å²) < 4.78 is 132. The Labute approximate surface area is 220 Å². The van der Waals surface area contributed by atoms with Crippen LogP contribution in [0.25, 0.3) is 0 Å². The lowest BCUT2D eigenvalue weighted by Crippen LogP contribution is -2.49. The highest BCUT2D eigenvalue weighted by Crippen LogP contribution is 2.39. The molecule has 0 radical (unpaired) electrons. The Morgan fingerprint density at radius 1 is 1.08 bits per heavy atom. The van der Waals surface area contributed by atoms with E-state index in [1.165, 1.54) is 12.1 Å². The van der Waals surface area contributed by atoms with Crippen molar-refractivity contribution in [2.75, 3.05) is 29.8 Å². The highest BCUT2D eigenvalue weighted by atomic mass is 32.2. The fourth-order valence-corrected chi connectivity index (χ4v) is 5.26. The summed E-state index contributed by atoms with van der Waals surface area (Å²) in [6, 6.07) is 5.23. The lowest BCUT2D eigenvalue weighted by molar-refractivity contribution is -0.242. The van der Waals surface area contributed by atoms with E-state index in [0.717, 1.165) is 19.2 Å². The second kappa shape index (κ2) is 10.7. The van der Waals surface area contributed by atoms with Gasteiger partial charge in [-0.25, -0.2) is 26.7 Å². The maximum absolute atomic E-state index is 13.9. The van der Waals surface area contributed by atoms with Crippen molar-refractivity contribution in [3.05, 3.63) is 48.0 Å². The van der Waals surface area contributed by atoms with Crippen LogP contribution in [0.15, 0.2) is 41.3 Å². The molecule has 1 heterocycles. The van der Waals surface area contributed by atoms with Gasteiger partial charge in [-0.1, -0.05) is 0 Å². The van der Waals surface area contributed by atoms with Gasteiger partial charge in [-0.15, -0.1) is 0 Å². The number of hydrogen-bond acceptors (Lipinski definition) is 7. The first kappa shape index (κ1) is 30.3. The maximum atomic E-state index is 13.9. The Morgan fingerprint density at radius 3 is 2.33 bits per heavy atom. The summed E-state index contributed by atoms with van der Waals surface area (Å²) in [6.45, 7) is 0.318. The van der Waals surface area contributed by atoms with Crippen molar-refractivity contribution < 1.29 is 53.1 Å². The number of ether oxygens (including phenoxy) is 2. The van der Waals surface area contributed by atoms with Gasteiger partial charge in [-0.05, 0) is 50.2 Å². The minimum atomic E-state index is -4.88. The molecule has 0 saturated heterocycles. The van der Waals surface area contributed by atoms with Crippen LogP contribution in [0, 0.1) is 11.6 Å². The van der Waals surface area contributed by atoms with E-state index in [2.05, 4.69) is 14.8 Å². The van der Waals surface area contributed by atoms with Gasteiger partial charge >= 0.3 is 12.3 Å². The number of nitrogens with one attached hydrogen (secondary N) is 3. The van der Waals surface area contributed by atoms with Gasteiger partial charge in [0, 0.05) is 12.7 Å². The third-order valence-electron chi connectivity index (χ3n) is 5.42. The highest BCUT2D eigenvalue weighted by molar-refractivity contribution is 7.92. The number of benzene rings is 2. The molecule has 1 aliphatic rings. The Balaban J connectivity index is 1.98. The number of carbonyl (C=O) groups is 1. The normalized spacial score (nSPS) is 16.3. The van der Waals surface area contributed by atoms with Crippen molar-refractivity contribution in [1.82, 2.24) is 9.44 Å². The van der Waals surface area contributed by atoms with E-state index < -0.39 is 73.8 Å². The first-order valence-electron chi connectivity index (χ1n) is 10.9. The summed E-state index contributed by atoms with van der Waals surface area (Å²) in [7, 11) is -7.44. The molecule has 2 aromatic rings. The van der Waals surface area contributed by atoms with Gasteiger partial charge in [0.05, 0.1) is 23.7 Å². The third kappa shape index (κ3) is 6.87. The second-order valence-corrected chi connectivity index (χ2v) is 12.2. The molecule has 0 aliphatic carbocycles. The molecule has 0 saturated carbocycles. The fourth-order valence-electron chi connectivity index (χ4n) is 3.20. The molecule has 11 nitrogen and oxygen atoms in total. The van der Waals surface area contributed by atoms with Crippen LogP contribution < -0.4 is 23.8 Å². The molecule has 3 rings (SSSR count). The van der Waals surface area contributed by atoms with E-state index in [1.54, 1.807) is 0 Å². The van der Waals surface area contributed by atoms with Gasteiger partial charge in [0.2, 0.25) is 5.60 Å². The summed E-state index contributed by atoms with van der Waals surface area (Å²) in [5, 5.41) is 2.06. The molecule has 1 amide bonds. The Bertz CT molecular complexity index is 1470. The van der Waals surface area contributed by atoms with Gasteiger partial charge in [0.15, 0.2) is 11.6 Å². The molecule has 1 aliphatic heterocycles. The molecule has 1 atom stereocenters. The number of alkyl halides is 3. The number of anilines is 2. The predicted octanol–water partition coefficient (Wildman–Crippen LogP) is 2.86. The van der Waals surface area contributed by atoms with E-state index in [-0.39, 0.29) is 17.1 Å². The summed E-state index contributed by atoms with van der Waals surface area (Å²) in [6.07, 6.45) is -7.49. The molecular weight excluding hydrogens is 579 g/mol. The molecule has 0 aromatic heterocycles. The zero-order valence-corrected chi connectivity index (χ0v) is 22.1. The average Bonchev–Trinajstić information content (AvgIpc) is 2.82. The number of rotatable bonds is 8. The van der Waals surface area contributed by atoms with Crippen molar-refractivity contribution >= 4 is 37.7 Å². The number of sulfonamides is 1. The SMILES string of the molecule is CNS(=O)(=O)NC[C@H]1CN(S(=O)(=O)c2ccc(F)c(F)c2)c2cc(NC(=O)OC(C)(C)C(F)(F)F)ccc2O1. The number of halogens is 5. The molecule has 3 N–H and O–H groups in total. The largest absolute Gasteiger partial charge is 0.485 e. The van der Waals surface area contributed by atoms with Crippen LogP contribution in [0.1, 0.15) is 13.8 Å². The van der Waals surface area contributed by atoms with Crippen molar-refractivity contribution in [2.45, 2.75) is 36.6 Å². The number of carbonyl (C=O) groups excluding carboxylic acids is 1. The number of nitrogens with zero attached hydrogens (tertiary/aromatic N) is 1. The molecule has 0 spiro atoms. The Kier molecular flexibility index (Phi) is 8.35. The molecule has 0 unspecified atom stereocenters. The van der Waals surface area contributed by atoms with Crippen LogP contribution >= 0.6 is 0 Å². The molecule has 216 valence electrons. The van der Waals surface area contributed by atoms with Crippen LogP contribution in [-0.4, -0.2) is 60.9 Å². The lowest BCUT2D eigenvalue weighted by atomic mass is 10.1. The van der Waals surface area contributed by atoms with Crippen LogP contribution in [0.4, 0.5) is 38.1 Å². The minimum Gasteiger partial charge on any atom is -0.485 e. The number of fused-ring (bicyclic) bond motifs is 1. The van der Waals surface area contributed by atoms with Crippen molar-refractivity contribution in [1.29, 1.82) is 0 Å². The van der Waals surface area contributed by atoms with Crippen LogP contribution in [-0.2, 0) is 25.0 Å². The zero-order valence-electron chi connectivity index (χ0n) is 20.5. The lowest BCUT2D eigenvalue weighted by Gasteiger charge is -2.35. The first-order valence-corrected chi connectivity index (χ1v) is 13.8. The highest BCUT2D eigenvalue weighted by Gasteiger charge is 2.51. The average molecular weight is 603 g/mol. The minimum absolute atomic E-state index is 0.129. The summed E-state index contributed by atoms with van der Waals surface area (Å²) in [5.41, 5.74) is -3.27. The van der Waals surface area contributed by atoms with E-state index in [0.29, 0.717) is 30.3 Å². The van der Waals surface area contributed by atoms with E-state index in [1.807, 2.05) is 4.72 Å². The van der Waals surface area contributed by atoms with Gasteiger partial charge in [-0.2, -0.15) is 26.3 Å². The summed E-state index contributed by atoms with van der Waals surface area (Å²) in [4.78, 5) is 11.5. The van der Waals surface area contributed by atoms with Crippen LogP contribution in [0.2, 0.25) is 0 Å². The topological polar surface area (TPSA) is 143 Å². The smallest absolute Gasteiger partial charge is 0.427 e. The van der Waals surface area contributed by atoms with Crippen LogP contribution in [0.3, 0.4) is 0 Å².